The van der Waals surface area contributed by atoms with Gasteiger partial charge in [-0.3, -0.25) is 0 Å². The molecule has 1 unspecified atom stereocenters. The van der Waals surface area contributed by atoms with Crippen LogP contribution in [0.3, 0.4) is 0 Å². The van der Waals surface area contributed by atoms with Crippen molar-refractivity contribution in [1.29, 1.82) is 0 Å². The lowest BCUT2D eigenvalue weighted by atomic mass is 9.89. The minimum absolute atomic E-state index is 0.465. The van der Waals surface area contributed by atoms with Crippen molar-refractivity contribution in [3.8, 4) is 0 Å². The van der Waals surface area contributed by atoms with Gasteiger partial charge in [-0.2, -0.15) is 0 Å². The highest BCUT2D eigenvalue weighted by Gasteiger charge is 2.32. The summed E-state index contributed by atoms with van der Waals surface area (Å²) in [7, 11) is 0. The van der Waals surface area contributed by atoms with E-state index in [9.17, 15) is 0 Å². The quantitative estimate of drug-likeness (QED) is 0.839. The monoisotopic (exact) mass is 230 g/mol. The van der Waals surface area contributed by atoms with E-state index >= 15 is 0 Å². The van der Waals surface area contributed by atoms with E-state index in [2.05, 4.69) is 42.3 Å². The lowest BCUT2D eigenvalue weighted by molar-refractivity contribution is 0.367. The van der Waals surface area contributed by atoms with Crippen LogP contribution < -0.4 is 10.2 Å². The summed E-state index contributed by atoms with van der Waals surface area (Å²) in [5, 5.41) is 3.49. The smallest absolute Gasteiger partial charge is 0.0399 e. The third-order valence-corrected chi connectivity index (χ3v) is 4.26. The van der Waals surface area contributed by atoms with Gasteiger partial charge in [0.15, 0.2) is 0 Å². The van der Waals surface area contributed by atoms with Gasteiger partial charge in [0.2, 0.25) is 0 Å². The average Bonchev–Trinajstić information content (AvgIpc) is 2.87. The summed E-state index contributed by atoms with van der Waals surface area (Å²) >= 11 is 0. The maximum absolute atomic E-state index is 3.49. The third kappa shape index (κ3) is 2.06. The Labute approximate surface area is 104 Å². The van der Waals surface area contributed by atoms with Gasteiger partial charge in [-0.15, -0.1) is 0 Å². The number of benzene rings is 1. The van der Waals surface area contributed by atoms with Gasteiger partial charge in [-0.25, -0.2) is 0 Å². The molecule has 0 radical (unpaired) electrons. The molecule has 1 aromatic carbocycles. The second-order valence-electron chi connectivity index (χ2n) is 6.04. The molecule has 2 nitrogen and oxygen atoms in total. The van der Waals surface area contributed by atoms with Crippen LogP contribution in [0, 0.1) is 12.3 Å². The van der Waals surface area contributed by atoms with Gasteiger partial charge >= 0.3 is 0 Å². The van der Waals surface area contributed by atoms with Crippen LogP contribution in [0.15, 0.2) is 18.2 Å². The molecular weight excluding hydrogens is 208 g/mol. The van der Waals surface area contributed by atoms with Crippen molar-refractivity contribution in [2.24, 2.45) is 5.41 Å². The maximum Gasteiger partial charge on any atom is 0.0399 e. The Balaban J connectivity index is 1.79. The van der Waals surface area contributed by atoms with E-state index in [4.69, 9.17) is 0 Å². The molecule has 2 heteroatoms. The molecule has 0 spiro atoms. The van der Waals surface area contributed by atoms with Crippen LogP contribution in [0.5, 0.6) is 0 Å². The summed E-state index contributed by atoms with van der Waals surface area (Å²) < 4.78 is 0. The zero-order valence-electron chi connectivity index (χ0n) is 10.9. The van der Waals surface area contributed by atoms with Crippen molar-refractivity contribution < 1.29 is 0 Å². The normalized spacial score (nSPS) is 27.5. The molecule has 1 fully saturated rings. The van der Waals surface area contributed by atoms with Crippen molar-refractivity contribution >= 4 is 5.69 Å². The molecular formula is C15H22N2. The number of hydrogen-bond acceptors (Lipinski definition) is 2. The summed E-state index contributed by atoms with van der Waals surface area (Å²) in [6.45, 7) is 9.37. The first kappa shape index (κ1) is 11.1. The van der Waals surface area contributed by atoms with Gasteiger partial charge in [0.25, 0.3) is 0 Å². The number of nitrogens with one attached hydrogen (secondary N) is 1. The van der Waals surface area contributed by atoms with E-state index in [1.807, 2.05) is 0 Å². The minimum atomic E-state index is 0.465. The second kappa shape index (κ2) is 4.02. The first-order chi connectivity index (χ1) is 8.16. The van der Waals surface area contributed by atoms with Crippen LogP contribution in [0.2, 0.25) is 0 Å². The van der Waals surface area contributed by atoms with E-state index in [1.165, 1.54) is 50.3 Å². The molecule has 0 aliphatic carbocycles. The maximum atomic E-state index is 3.49. The molecule has 0 aromatic heterocycles. The first-order valence-corrected chi connectivity index (χ1v) is 6.72. The molecule has 92 valence electrons. The molecule has 0 saturated carbocycles. The zero-order valence-corrected chi connectivity index (χ0v) is 10.9. The van der Waals surface area contributed by atoms with Crippen LogP contribution in [0.1, 0.15) is 24.5 Å². The van der Waals surface area contributed by atoms with Crippen molar-refractivity contribution in [1.82, 2.24) is 5.32 Å². The number of aryl methyl sites for hydroxylation is 1. The summed E-state index contributed by atoms with van der Waals surface area (Å²) in [6.07, 6.45) is 2.53. The van der Waals surface area contributed by atoms with Gasteiger partial charge in [-0.05, 0) is 43.4 Å². The molecule has 2 heterocycles. The van der Waals surface area contributed by atoms with E-state index < -0.39 is 0 Å². The van der Waals surface area contributed by atoms with E-state index in [-0.39, 0.29) is 0 Å². The SMILES string of the molecule is Cc1ccc2c(c1)CCN2CC1(C)CCNC1. The fourth-order valence-corrected chi connectivity index (χ4v) is 3.23. The Hall–Kier alpha value is -1.02. The van der Waals surface area contributed by atoms with Gasteiger partial charge < -0.3 is 10.2 Å². The van der Waals surface area contributed by atoms with Gasteiger partial charge in [0, 0.05) is 25.3 Å². The predicted octanol–water partition coefficient (Wildman–Crippen LogP) is 2.36. The zero-order chi connectivity index (χ0) is 11.9. The molecule has 1 saturated heterocycles. The topological polar surface area (TPSA) is 15.3 Å². The number of hydrogen-bond donors (Lipinski definition) is 1. The van der Waals surface area contributed by atoms with Crippen molar-refractivity contribution in [2.75, 3.05) is 31.1 Å². The van der Waals surface area contributed by atoms with E-state index in [0.717, 1.165) is 0 Å². The Kier molecular flexibility index (Phi) is 2.62. The van der Waals surface area contributed by atoms with Crippen LogP contribution in [-0.4, -0.2) is 26.2 Å². The van der Waals surface area contributed by atoms with Crippen LogP contribution in [-0.2, 0) is 6.42 Å². The fraction of sp³-hybridized carbons (Fsp3) is 0.600. The van der Waals surface area contributed by atoms with Gasteiger partial charge in [-0.1, -0.05) is 24.6 Å². The Bertz CT molecular complexity index is 419. The molecule has 0 bridgehead atoms. The van der Waals surface area contributed by atoms with E-state index in [1.54, 1.807) is 5.56 Å². The summed E-state index contributed by atoms with van der Waals surface area (Å²) in [5.74, 6) is 0. The van der Waals surface area contributed by atoms with Crippen molar-refractivity contribution in [3.63, 3.8) is 0 Å². The number of rotatable bonds is 2. The molecule has 2 aliphatic rings. The van der Waals surface area contributed by atoms with Gasteiger partial charge in [0.1, 0.15) is 0 Å². The van der Waals surface area contributed by atoms with Crippen LogP contribution in [0.25, 0.3) is 0 Å². The third-order valence-electron chi connectivity index (χ3n) is 4.26. The molecule has 17 heavy (non-hydrogen) atoms. The molecule has 2 aliphatic heterocycles. The highest BCUT2D eigenvalue weighted by atomic mass is 15.2. The van der Waals surface area contributed by atoms with Crippen molar-refractivity contribution in [2.45, 2.75) is 26.7 Å². The molecule has 0 amide bonds. The largest absolute Gasteiger partial charge is 0.370 e. The van der Waals surface area contributed by atoms with Crippen molar-refractivity contribution in [3.05, 3.63) is 29.3 Å². The predicted molar refractivity (Wildman–Crippen MR) is 72.7 cm³/mol. The second-order valence-corrected chi connectivity index (χ2v) is 6.04. The Morgan fingerprint density at radius 2 is 2.29 bits per heavy atom. The lowest BCUT2D eigenvalue weighted by Gasteiger charge is -2.31. The highest BCUT2D eigenvalue weighted by Crippen LogP contribution is 2.33. The fourth-order valence-electron chi connectivity index (χ4n) is 3.23. The summed E-state index contributed by atoms with van der Waals surface area (Å²) in [6, 6.07) is 6.90. The highest BCUT2D eigenvalue weighted by molar-refractivity contribution is 5.59. The lowest BCUT2D eigenvalue weighted by Crippen LogP contribution is -2.36. The number of nitrogens with zero attached hydrogens (tertiary/aromatic N) is 1. The Morgan fingerprint density at radius 1 is 1.41 bits per heavy atom. The number of fused-ring (bicyclic) bond motifs is 1. The molecule has 3 rings (SSSR count). The first-order valence-electron chi connectivity index (χ1n) is 6.72. The summed E-state index contributed by atoms with van der Waals surface area (Å²) in [4.78, 5) is 2.59. The van der Waals surface area contributed by atoms with Gasteiger partial charge in [0.05, 0.1) is 0 Å². The van der Waals surface area contributed by atoms with Crippen LogP contribution in [0.4, 0.5) is 5.69 Å². The standard InChI is InChI=1S/C15H22N2/c1-12-3-4-14-13(9-12)5-8-17(14)11-15(2)6-7-16-10-15/h3-4,9,16H,5-8,10-11H2,1-2H3. The van der Waals surface area contributed by atoms with Crippen LogP contribution >= 0.6 is 0 Å². The Morgan fingerprint density at radius 3 is 3.06 bits per heavy atom. The molecule has 1 aromatic rings. The molecule has 1 atom stereocenters. The van der Waals surface area contributed by atoms with E-state index in [0.29, 0.717) is 5.41 Å². The average molecular weight is 230 g/mol. The summed E-state index contributed by atoms with van der Waals surface area (Å²) in [5.41, 5.74) is 4.87. The number of anilines is 1. The molecule has 1 N–H and O–H groups in total. The minimum Gasteiger partial charge on any atom is -0.370 e.